The van der Waals surface area contributed by atoms with Gasteiger partial charge in [0.2, 0.25) is 5.91 Å². The number of carbonyl (C=O) groups excluding carboxylic acids is 2. The van der Waals surface area contributed by atoms with Gasteiger partial charge in [0.15, 0.2) is 0 Å². The Morgan fingerprint density at radius 3 is 2.48 bits per heavy atom. The summed E-state index contributed by atoms with van der Waals surface area (Å²) in [5.41, 5.74) is 1.63. The molecule has 1 atom stereocenters. The maximum Gasteiger partial charge on any atom is 0.274 e. The molecule has 4 heterocycles. The number of likely N-dealkylation sites (tertiary alicyclic amines) is 2. The molecule has 6 nitrogen and oxygen atoms in total. The van der Waals surface area contributed by atoms with Gasteiger partial charge in [0.1, 0.15) is 5.69 Å². The molecular formula is C19H28N4O2. The van der Waals surface area contributed by atoms with Crippen molar-refractivity contribution in [3.63, 3.8) is 0 Å². The molecule has 136 valence electrons. The van der Waals surface area contributed by atoms with E-state index in [-0.39, 0.29) is 17.7 Å². The summed E-state index contributed by atoms with van der Waals surface area (Å²) < 4.78 is 2.04. The van der Waals surface area contributed by atoms with Crippen molar-refractivity contribution in [2.24, 2.45) is 11.8 Å². The van der Waals surface area contributed by atoms with Gasteiger partial charge in [-0.15, -0.1) is 0 Å². The number of fused-ring (bicyclic) bond motifs is 1. The van der Waals surface area contributed by atoms with Crippen molar-refractivity contribution in [1.82, 2.24) is 19.4 Å². The summed E-state index contributed by atoms with van der Waals surface area (Å²) in [5.74, 6) is 1.11. The van der Waals surface area contributed by atoms with Crippen LogP contribution in [-0.2, 0) is 17.8 Å². The fraction of sp³-hybridized carbons (Fsp3) is 0.737. The molecule has 3 aliphatic heterocycles. The van der Waals surface area contributed by atoms with Crippen LogP contribution in [0.2, 0.25) is 0 Å². The van der Waals surface area contributed by atoms with Gasteiger partial charge in [-0.05, 0) is 44.4 Å². The standard InChI is InChI=1S/C19H28N4O2/c1-14-6-10-22(11-7-14)19(25)17-16-5-4-15(12-23(16)13-20-17)18(24)21-8-2-3-9-21/h13-15H,2-12H2,1H3. The van der Waals surface area contributed by atoms with E-state index < -0.39 is 0 Å². The molecule has 0 radical (unpaired) electrons. The molecule has 4 rings (SSSR count). The van der Waals surface area contributed by atoms with Gasteiger partial charge in [0.25, 0.3) is 5.91 Å². The molecule has 2 saturated heterocycles. The third-order valence-electron chi connectivity index (χ3n) is 6.13. The lowest BCUT2D eigenvalue weighted by Gasteiger charge is -2.31. The number of aromatic nitrogens is 2. The number of piperidine rings is 1. The molecule has 6 heteroatoms. The first-order valence-corrected chi connectivity index (χ1v) is 9.75. The van der Waals surface area contributed by atoms with E-state index in [1.807, 2.05) is 14.4 Å². The van der Waals surface area contributed by atoms with E-state index in [2.05, 4.69) is 11.9 Å². The average Bonchev–Trinajstić information content (AvgIpc) is 3.30. The predicted molar refractivity (Wildman–Crippen MR) is 94.2 cm³/mol. The van der Waals surface area contributed by atoms with Crippen LogP contribution >= 0.6 is 0 Å². The molecular weight excluding hydrogens is 316 g/mol. The summed E-state index contributed by atoms with van der Waals surface area (Å²) >= 11 is 0. The van der Waals surface area contributed by atoms with Crippen LogP contribution in [0.5, 0.6) is 0 Å². The van der Waals surface area contributed by atoms with Crippen LogP contribution in [0.1, 0.15) is 55.2 Å². The normalized spacial score (nSPS) is 24.4. The van der Waals surface area contributed by atoms with Crippen molar-refractivity contribution in [1.29, 1.82) is 0 Å². The first-order chi connectivity index (χ1) is 12.1. The largest absolute Gasteiger partial charge is 0.342 e. The van der Waals surface area contributed by atoms with Crippen molar-refractivity contribution >= 4 is 11.8 Å². The third-order valence-corrected chi connectivity index (χ3v) is 6.13. The van der Waals surface area contributed by atoms with Gasteiger partial charge in [-0.25, -0.2) is 4.98 Å². The number of hydrogen-bond donors (Lipinski definition) is 0. The topological polar surface area (TPSA) is 58.4 Å². The van der Waals surface area contributed by atoms with Crippen molar-refractivity contribution in [2.45, 2.75) is 52.0 Å². The Hall–Kier alpha value is -1.85. The second-order valence-electron chi connectivity index (χ2n) is 7.93. The van der Waals surface area contributed by atoms with Crippen molar-refractivity contribution in [2.75, 3.05) is 26.2 Å². The highest BCUT2D eigenvalue weighted by molar-refractivity contribution is 5.93. The number of nitrogens with zero attached hydrogens (tertiary/aromatic N) is 4. The number of amides is 2. The molecule has 0 bridgehead atoms. The van der Waals surface area contributed by atoms with E-state index in [0.29, 0.717) is 18.2 Å². The Kier molecular flexibility index (Phi) is 4.52. The lowest BCUT2D eigenvalue weighted by atomic mass is 9.95. The molecule has 0 spiro atoms. The van der Waals surface area contributed by atoms with E-state index in [0.717, 1.165) is 70.4 Å². The van der Waals surface area contributed by atoms with Gasteiger partial charge in [-0.2, -0.15) is 0 Å². The fourth-order valence-corrected chi connectivity index (χ4v) is 4.40. The molecule has 0 aliphatic carbocycles. The molecule has 1 aromatic heterocycles. The van der Waals surface area contributed by atoms with Gasteiger partial charge < -0.3 is 14.4 Å². The van der Waals surface area contributed by atoms with E-state index in [4.69, 9.17) is 0 Å². The number of rotatable bonds is 2. The summed E-state index contributed by atoms with van der Waals surface area (Å²) in [6, 6.07) is 0. The molecule has 0 aromatic carbocycles. The van der Waals surface area contributed by atoms with Crippen LogP contribution < -0.4 is 0 Å². The zero-order chi connectivity index (χ0) is 17.4. The summed E-state index contributed by atoms with van der Waals surface area (Å²) in [5, 5.41) is 0. The minimum atomic E-state index is 0.0404. The Morgan fingerprint density at radius 1 is 1.04 bits per heavy atom. The molecule has 1 unspecified atom stereocenters. The molecule has 2 amide bonds. The van der Waals surface area contributed by atoms with Crippen LogP contribution in [0.4, 0.5) is 0 Å². The highest BCUT2D eigenvalue weighted by Gasteiger charge is 2.33. The average molecular weight is 344 g/mol. The maximum absolute atomic E-state index is 12.8. The van der Waals surface area contributed by atoms with Gasteiger partial charge in [-0.3, -0.25) is 9.59 Å². The van der Waals surface area contributed by atoms with Crippen molar-refractivity contribution in [3.05, 3.63) is 17.7 Å². The van der Waals surface area contributed by atoms with Crippen molar-refractivity contribution < 1.29 is 9.59 Å². The maximum atomic E-state index is 12.8. The van der Waals surface area contributed by atoms with Gasteiger partial charge in [-0.1, -0.05) is 6.92 Å². The van der Waals surface area contributed by atoms with Crippen LogP contribution in [-0.4, -0.2) is 57.3 Å². The first-order valence-electron chi connectivity index (χ1n) is 9.75. The minimum Gasteiger partial charge on any atom is -0.342 e. The van der Waals surface area contributed by atoms with Gasteiger partial charge in [0, 0.05) is 32.7 Å². The summed E-state index contributed by atoms with van der Waals surface area (Å²) in [6.07, 6.45) is 7.78. The lowest BCUT2D eigenvalue weighted by Crippen LogP contribution is -2.40. The monoisotopic (exact) mass is 344 g/mol. The number of imidazole rings is 1. The second-order valence-corrected chi connectivity index (χ2v) is 7.93. The molecule has 0 N–H and O–H groups in total. The highest BCUT2D eigenvalue weighted by Crippen LogP contribution is 2.27. The second kappa shape index (κ2) is 6.81. The molecule has 3 aliphatic rings. The highest BCUT2D eigenvalue weighted by atomic mass is 16.2. The minimum absolute atomic E-state index is 0.0404. The third kappa shape index (κ3) is 3.18. The Bertz CT molecular complexity index is 654. The van der Waals surface area contributed by atoms with Gasteiger partial charge >= 0.3 is 0 Å². The molecule has 0 saturated carbocycles. The zero-order valence-corrected chi connectivity index (χ0v) is 15.1. The van der Waals surface area contributed by atoms with Crippen molar-refractivity contribution in [3.8, 4) is 0 Å². The summed E-state index contributed by atoms with van der Waals surface area (Å²) in [4.78, 5) is 33.9. The predicted octanol–water partition coefficient (Wildman–Crippen LogP) is 1.94. The van der Waals surface area contributed by atoms with E-state index >= 15 is 0 Å². The van der Waals surface area contributed by atoms with E-state index in [1.54, 1.807) is 6.33 Å². The lowest BCUT2D eigenvalue weighted by molar-refractivity contribution is -0.135. The Labute approximate surface area is 149 Å². The Morgan fingerprint density at radius 2 is 1.76 bits per heavy atom. The van der Waals surface area contributed by atoms with Crippen LogP contribution in [0.3, 0.4) is 0 Å². The summed E-state index contributed by atoms with van der Waals surface area (Å²) in [6.45, 7) is 6.40. The molecule has 1 aromatic rings. The van der Waals surface area contributed by atoms with Gasteiger partial charge in [0.05, 0.1) is 17.9 Å². The quantitative estimate of drug-likeness (QED) is 0.824. The van der Waals surface area contributed by atoms with Crippen LogP contribution in [0.15, 0.2) is 6.33 Å². The number of carbonyl (C=O) groups is 2. The molecule has 25 heavy (non-hydrogen) atoms. The fourth-order valence-electron chi connectivity index (χ4n) is 4.40. The SMILES string of the molecule is CC1CCN(C(=O)c2ncn3c2CCC(C(=O)N2CCCC2)C3)CC1. The summed E-state index contributed by atoms with van der Waals surface area (Å²) in [7, 11) is 0. The smallest absolute Gasteiger partial charge is 0.274 e. The zero-order valence-electron chi connectivity index (χ0n) is 15.1. The first kappa shape index (κ1) is 16.6. The van der Waals surface area contributed by atoms with Crippen LogP contribution in [0.25, 0.3) is 0 Å². The van der Waals surface area contributed by atoms with Crippen LogP contribution in [0, 0.1) is 11.8 Å². The number of hydrogen-bond acceptors (Lipinski definition) is 3. The molecule has 2 fully saturated rings. The van der Waals surface area contributed by atoms with E-state index in [1.165, 1.54) is 0 Å². The Balaban J connectivity index is 1.45. The van der Waals surface area contributed by atoms with E-state index in [9.17, 15) is 9.59 Å².